The second-order valence-corrected chi connectivity index (χ2v) is 4.69. The van der Waals surface area contributed by atoms with Gasteiger partial charge < -0.3 is 15.4 Å². The molecule has 1 aliphatic rings. The number of hydrogen-bond acceptors (Lipinski definition) is 3. The van der Waals surface area contributed by atoms with Crippen LogP contribution in [0.5, 0.6) is 11.5 Å². The Morgan fingerprint density at radius 3 is 2.20 bits per heavy atom. The van der Waals surface area contributed by atoms with Crippen LogP contribution in [0, 0.1) is 0 Å². The van der Waals surface area contributed by atoms with Gasteiger partial charge in [0, 0.05) is 25.7 Å². The number of nitrogens with one attached hydrogen (secondary N) is 2. The highest BCUT2D eigenvalue weighted by Crippen LogP contribution is 2.23. The van der Waals surface area contributed by atoms with Crippen molar-refractivity contribution in [2.45, 2.75) is 6.04 Å². The summed E-state index contributed by atoms with van der Waals surface area (Å²) < 4.78 is 5.78. The Hall–Kier alpha value is -1.55. The molecule has 1 atom stereocenters. The molecule has 4 heteroatoms. The SMILES string of the molecule is Cl.c1ccc(Oc2ccc([C@@H]3CNCCN3)cc2)cc1. The zero-order valence-corrected chi connectivity index (χ0v) is 12.0. The number of hydrogen-bond donors (Lipinski definition) is 2. The van der Waals surface area contributed by atoms with Crippen LogP contribution in [0.4, 0.5) is 0 Å². The summed E-state index contributed by atoms with van der Waals surface area (Å²) in [6.45, 7) is 3.05. The second kappa shape index (κ2) is 7.29. The van der Waals surface area contributed by atoms with Crippen LogP contribution in [0.2, 0.25) is 0 Å². The molecule has 3 nitrogen and oxygen atoms in total. The highest BCUT2D eigenvalue weighted by atomic mass is 35.5. The lowest BCUT2D eigenvalue weighted by Gasteiger charge is -2.24. The van der Waals surface area contributed by atoms with E-state index in [0.29, 0.717) is 6.04 Å². The number of rotatable bonds is 3. The summed E-state index contributed by atoms with van der Waals surface area (Å²) in [7, 11) is 0. The van der Waals surface area contributed by atoms with E-state index in [0.717, 1.165) is 31.1 Å². The summed E-state index contributed by atoms with van der Waals surface area (Å²) in [5.74, 6) is 1.74. The minimum atomic E-state index is 0. The molecule has 0 aromatic heterocycles. The van der Waals surface area contributed by atoms with Crippen LogP contribution in [-0.4, -0.2) is 19.6 Å². The fourth-order valence-corrected chi connectivity index (χ4v) is 2.28. The summed E-state index contributed by atoms with van der Waals surface area (Å²) in [6, 6.07) is 18.6. The quantitative estimate of drug-likeness (QED) is 0.911. The van der Waals surface area contributed by atoms with E-state index in [9.17, 15) is 0 Å². The Morgan fingerprint density at radius 1 is 0.850 bits per heavy atom. The Morgan fingerprint density at radius 2 is 1.55 bits per heavy atom. The summed E-state index contributed by atoms with van der Waals surface area (Å²) in [6.07, 6.45) is 0. The van der Waals surface area contributed by atoms with Gasteiger partial charge in [0.1, 0.15) is 11.5 Å². The third-order valence-corrected chi connectivity index (χ3v) is 3.30. The van der Waals surface area contributed by atoms with Gasteiger partial charge in [0.2, 0.25) is 0 Å². The Labute approximate surface area is 125 Å². The fourth-order valence-electron chi connectivity index (χ4n) is 2.28. The predicted octanol–water partition coefficient (Wildman–Crippen LogP) is 3.13. The number of ether oxygens (including phenoxy) is 1. The van der Waals surface area contributed by atoms with Crippen LogP contribution < -0.4 is 15.4 Å². The van der Waals surface area contributed by atoms with Crippen molar-refractivity contribution in [3.63, 3.8) is 0 Å². The van der Waals surface area contributed by atoms with Gasteiger partial charge in [-0.2, -0.15) is 0 Å². The monoisotopic (exact) mass is 290 g/mol. The molecule has 1 fully saturated rings. The lowest BCUT2D eigenvalue weighted by Crippen LogP contribution is -2.42. The van der Waals surface area contributed by atoms with Crippen LogP contribution >= 0.6 is 12.4 Å². The van der Waals surface area contributed by atoms with Crippen molar-refractivity contribution in [1.82, 2.24) is 10.6 Å². The van der Waals surface area contributed by atoms with E-state index in [-0.39, 0.29) is 12.4 Å². The zero-order valence-electron chi connectivity index (χ0n) is 11.2. The second-order valence-electron chi connectivity index (χ2n) is 4.69. The number of piperazine rings is 1. The molecule has 106 valence electrons. The maximum Gasteiger partial charge on any atom is 0.127 e. The highest BCUT2D eigenvalue weighted by molar-refractivity contribution is 5.85. The third kappa shape index (κ3) is 3.73. The topological polar surface area (TPSA) is 33.3 Å². The van der Waals surface area contributed by atoms with Crippen LogP contribution in [0.1, 0.15) is 11.6 Å². The first-order chi connectivity index (χ1) is 9.42. The summed E-state index contributed by atoms with van der Waals surface area (Å²) in [5, 5.41) is 6.90. The van der Waals surface area contributed by atoms with Crippen molar-refractivity contribution in [3.8, 4) is 11.5 Å². The van der Waals surface area contributed by atoms with Crippen LogP contribution in [0.25, 0.3) is 0 Å². The molecule has 1 heterocycles. The third-order valence-electron chi connectivity index (χ3n) is 3.30. The maximum absolute atomic E-state index is 5.78. The molecule has 2 aromatic carbocycles. The predicted molar refractivity (Wildman–Crippen MR) is 83.8 cm³/mol. The van der Waals surface area contributed by atoms with Gasteiger partial charge in [-0.3, -0.25) is 0 Å². The molecule has 0 spiro atoms. The molecule has 0 radical (unpaired) electrons. The largest absolute Gasteiger partial charge is 0.457 e. The Bertz CT molecular complexity index is 510. The molecule has 2 N–H and O–H groups in total. The molecule has 2 aromatic rings. The first-order valence-electron chi connectivity index (χ1n) is 6.69. The standard InChI is InChI=1S/C16H18N2O.ClH/c1-2-4-14(5-3-1)19-15-8-6-13(7-9-15)16-12-17-10-11-18-16;/h1-9,16-18H,10-12H2;1H/t16-;/m0./s1. The first-order valence-corrected chi connectivity index (χ1v) is 6.69. The molecule has 1 aliphatic heterocycles. The maximum atomic E-state index is 5.78. The van der Waals surface area contributed by atoms with Crippen molar-refractivity contribution < 1.29 is 4.74 Å². The van der Waals surface area contributed by atoms with Gasteiger partial charge >= 0.3 is 0 Å². The highest BCUT2D eigenvalue weighted by Gasteiger charge is 2.13. The van der Waals surface area contributed by atoms with E-state index in [4.69, 9.17) is 4.74 Å². The zero-order chi connectivity index (χ0) is 12.9. The van der Waals surface area contributed by atoms with Crippen LogP contribution in [-0.2, 0) is 0 Å². The van der Waals surface area contributed by atoms with E-state index in [1.165, 1.54) is 5.56 Å². The number of benzene rings is 2. The molecule has 20 heavy (non-hydrogen) atoms. The Kier molecular flexibility index (Phi) is 5.41. The lowest BCUT2D eigenvalue weighted by atomic mass is 10.1. The summed E-state index contributed by atoms with van der Waals surface area (Å²) in [4.78, 5) is 0. The molecule has 0 unspecified atom stereocenters. The Balaban J connectivity index is 0.00000147. The molecule has 1 saturated heterocycles. The van der Waals surface area contributed by atoms with Gasteiger partial charge in [-0.05, 0) is 29.8 Å². The van der Waals surface area contributed by atoms with Gasteiger partial charge in [-0.15, -0.1) is 12.4 Å². The van der Waals surface area contributed by atoms with Gasteiger partial charge in [0.15, 0.2) is 0 Å². The smallest absolute Gasteiger partial charge is 0.127 e. The average molecular weight is 291 g/mol. The minimum absolute atomic E-state index is 0. The van der Waals surface area contributed by atoms with Crippen molar-refractivity contribution in [2.24, 2.45) is 0 Å². The van der Waals surface area contributed by atoms with Crippen LogP contribution in [0.15, 0.2) is 54.6 Å². The molecule has 0 bridgehead atoms. The van der Waals surface area contributed by atoms with E-state index < -0.39 is 0 Å². The van der Waals surface area contributed by atoms with Crippen molar-refractivity contribution >= 4 is 12.4 Å². The van der Waals surface area contributed by atoms with E-state index in [1.807, 2.05) is 42.5 Å². The molecule has 0 aliphatic carbocycles. The molecular formula is C16H19ClN2O. The van der Waals surface area contributed by atoms with Gasteiger partial charge in [-0.1, -0.05) is 30.3 Å². The van der Waals surface area contributed by atoms with Crippen LogP contribution in [0.3, 0.4) is 0 Å². The molecule has 3 rings (SSSR count). The van der Waals surface area contributed by atoms with Gasteiger partial charge in [-0.25, -0.2) is 0 Å². The summed E-state index contributed by atoms with van der Waals surface area (Å²) >= 11 is 0. The van der Waals surface area contributed by atoms with E-state index >= 15 is 0 Å². The van der Waals surface area contributed by atoms with E-state index in [2.05, 4.69) is 22.8 Å². The average Bonchev–Trinajstić information content (AvgIpc) is 2.50. The summed E-state index contributed by atoms with van der Waals surface area (Å²) in [5.41, 5.74) is 1.30. The normalized spacial score (nSPS) is 18.1. The lowest BCUT2D eigenvalue weighted by molar-refractivity contribution is 0.429. The van der Waals surface area contributed by atoms with Crippen molar-refractivity contribution in [3.05, 3.63) is 60.2 Å². The van der Waals surface area contributed by atoms with Crippen molar-refractivity contribution in [1.29, 1.82) is 0 Å². The number of halogens is 1. The molecular weight excluding hydrogens is 272 g/mol. The van der Waals surface area contributed by atoms with Crippen molar-refractivity contribution in [2.75, 3.05) is 19.6 Å². The minimum Gasteiger partial charge on any atom is -0.457 e. The number of para-hydroxylation sites is 1. The fraction of sp³-hybridized carbons (Fsp3) is 0.250. The van der Waals surface area contributed by atoms with E-state index in [1.54, 1.807) is 0 Å². The molecule has 0 amide bonds. The first kappa shape index (κ1) is 14.9. The van der Waals surface area contributed by atoms with Gasteiger partial charge in [0.05, 0.1) is 0 Å². The molecule has 0 saturated carbocycles. The van der Waals surface area contributed by atoms with Gasteiger partial charge in [0.25, 0.3) is 0 Å².